The van der Waals surface area contributed by atoms with Crippen molar-refractivity contribution in [1.29, 1.82) is 0 Å². The molecule has 0 saturated heterocycles. The van der Waals surface area contributed by atoms with Crippen LogP contribution in [0.4, 0.5) is 11.5 Å². The lowest BCUT2D eigenvalue weighted by Gasteiger charge is -2.30. The van der Waals surface area contributed by atoms with Gasteiger partial charge in [-0.25, -0.2) is 4.98 Å². The van der Waals surface area contributed by atoms with Crippen LogP contribution < -0.4 is 10.2 Å². The molecule has 7 nitrogen and oxygen atoms in total. The van der Waals surface area contributed by atoms with Gasteiger partial charge in [0.15, 0.2) is 5.69 Å². The fourth-order valence-electron chi connectivity index (χ4n) is 3.35. The molecule has 4 rings (SSSR count). The molecule has 0 saturated carbocycles. The molecule has 0 aliphatic carbocycles. The van der Waals surface area contributed by atoms with Crippen molar-refractivity contribution < 1.29 is 9.53 Å². The number of aromatic nitrogens is 3. The molecule has 0 spiro atoms. The van der Waals surface area contributed by atoms with E-state index >= 15 is 0 Å². The number of aromatic amines is 1. The van der Waals surface area contributed by atoms with E-state index in [2.05, 4.69) is 20.5 Å². The normalized spacial score (nSPS) is 23.0. The third kappa shape index (κ3) is 2.28. The number of hydrogen-bond acceptors (Lipinski definition) is 5. The Balaban J connectivity index is 1.72. The van der Waals surface area contributed by atoms with Gasteiger partial charge < -0.3 is 15.0 Å². The highest BCUT2D eigenvalue weighted by Crippen LogP contribution is 2.32. The Kier molecular flexibility index (Phi) is 3.30. The number of carbonyl (C=O) groups is 1. The van der Waals surface area contributed by atoms with Gasteiger partial charge >= 0.3 is 0 Å². The molecule has 2 N–H and O–H groups in total. The van der Waals surface area contributed by atoms with Gasteiger partial charge in [-0.1, -0.05) is 0 Å². The van der Waals surface area contributed by atoms with Crippen molar-refractivity contribution in [1.82, 2.24) is 15.2 Å². The Morgan fingerprint density at radius 1 is 1.43 bits per heavy atom. The first-order valence-electron chi connectivity index (χ1n) is 7.88. The van der Waals surface area contributed by atoms with Crippen molar-refractivity contribution in [2.75, 3.05) is 23.3 Å². The van der Waals surface area contributed by atoms with Gasteiger partial charge in [-0.2, -0.15) is 5.10 Å². The first-order valence-corrected chi connectivity index (χ1v) is 7.88. The number of carbonyl (C=O) groups excluding carboxylic acids is 1. The van der Waals surface area contributed by atoms with Crippen LogP contribution in [-0.2, 0) is 11.2 Å². The molecule has 0 fully saturated rings. The molecule has 0 unspecified atom stereocenters. The number of nitrogens with one attached hydrogen (secondary N) is 2. The fraction of sp³-hybridized carbons (Fsp3) is 0.438. The van der Waals surface area contributed by atoms with E-state index in [-0.39, 0.29) is 18.1 Å². The molecular weight excluding hydrogens is 294 g/mol. The molecule has 2 aromatic heterocycles. The zero-order valence-corrected chi connectivity index (χ0v) is 13.2. The minimum atomic E-state index is -0.0837. The second-order valence-electron chi connectivity index (χ2n) is 6.01. The maximum Gasteiger partial charge on any atom is 0.279 e. The third-order valence-corrected chi connectivity index (χ3v) is 4.39. The summed E-state index contributed by atoms with van der Waals surface area (Å²) < 4.78 is 5.79. The molecule has 2 aliphatic rings. The number of rotatable bonds is 1. The summed E-state index contributed by atoms with van der Waals surface area (Å²) in [6.45, 7) is 5.27. The summed E-state index contributed by atoms with van der Waals surface area (Å²) in [6, 6.07) is 3.74. The molecule has 0 bridgehead atoms. The summed E-state index contributed by atoms with van der Waals surface area (Å²) in [4.78, 5) is 19.1. The summed E-state index contributed by atoms with van der Waals surface area (Å²) >= 11 is 0. The number of anilines is 2. The number of pyridine rings is 1. The number of H-pyrrole nitrogens is 1. The molecule has 0 aromatic carbocycles. The average molecular weight is 313 g/mol. The zero-order chi connectivity index (χ0) is 16.0. The highest BCUT2D eigenvalue weighted by atomic mass is 16.5. The summed E-state index contributed by atoms with van der Waals surface area (Å²) in [5.74, 6) is 0.654. The molecule has 7 heteroatoms. The summed E-state index contributed by atoms with van der Waals surface area (Å²) in [5, 5.41) is 10.5. The molecule has 0 radical (unpaired) electrons. The molecule has 4 heterocycles. The van der Waals surface area contributed by atoms with Gasteiger partial charge in [0.05, 0.1) is 23.6 Å². The van der Waals surface area contributed by atoms with Crippen LogP contribution in [-0.4, -0.2) is 40.3 Å². The Morgan fingerprint density at radius 2 is 2.30 bits per heavy atom. The first-order chi connectivity index (χ1) is 11.1. The van der Waals surface area contributed by atoms with Crippen LogP contribution in [0.25, 0.3) is 0 Å². The molecule has 1 amide bonds. The summed E-state index contributed by atoms with van der Waals surface area (Å²) in [7, 11) is 0. The number of amides is 1. The zero-order valence-electron chi connectivity index (χ0n) is 13.2. The number of nitrogens with zero attached hydrogens (tertiary/aromatic N) is 3. The van der Waals surface area contributed by atoms with Crippen LogP contribution in [0.5, 0.6) is 0 Å². The monoisotopic (exact) mass is 313 g/mol. The van der Waals surface area contributed by atoms with E-state index in [1.807, 2.05) is 26.0 Å². The SMILES string of the molecule is C[C@@H]1Cc2c(C(=O)N3CCNc4ncccc43)n[nH]c2[C@H](C)O1. The van der Waals surface area contributed by atoms with Crippen LogP contribution in [0.2, 0.25) is 0 Å². The van der Waals surface area contributed by atoms with E-state index in [1.54, 1.807) is 11.1 Å². The van der Waals surface area contributed by atoms with E-state index in [0.717, 1.165) is 22.8 Å². The summed E-state index contributed by atoms with van der Waals surface area (Å²) in [5.41, 5.74) is 3.19. The topological polar surface area (TPSA) is 83.1 Å². The molecular formula is C16H19N5O2. The van der Waals surface area contributed by atoms with Crippen LogP contribution in [0, 0.1) is 0 Å². The highest BCUT2D eigenvalue weighted by Gasteiger charge is 2.33. The van der Waals surface area contributed by atoms with Crippen LogP contribution >= 0.6 is 0 Å². The Morgan fingerprint density at radius 3 is 3.17 bits per heavy atom. The lowest BCUT2D eigenvalue weighted by atomic mass is 9.99. The maximum absolute atomic E-state index is 13.1. The standard InChI is InChI=1S/C16H19N5O2/c1-9-8-11-13(10(2)23-9)19-20-14(11)16(22)21-7-6-18-15-12(21)4-3-5-17-15/h3-5,9-10H,6-8H2,1-2H3,(H,17,18)(H,19,20)/t9-,10+/m1/s1. The molecule has 120 valence electrons. The average Bonchev–Trinajstić information content (AvgIpc) is 2.97. The van der Waals surface area contributed by atoms with Crippen molar-refractivity contribution in [2.45, 2.75) is 32.5 Å². The maximum atomic E-state index is 13.1. The van der Waals surface area contributed by atoms with Crippen molar-refractivity contribution in [2.24, 2.45) is 0 Å². The number of hydrogen-bond donors (Lipinski definition) is 2. The van der Waals surface area contributed by atoms with E-state index < -0.39 is 0 Å². The predicted octanol–water partition coefficient (Wildman–Crippen LogP) is 1.90. The molecule has 23 heavy (non-hydrogen) atoms. The van der Waals surface area contributed by atoms with E-state index in [1.165, 1.54) is 0 Å². The number of ether oxygens (including phenoxy) is 1. The van der Waals surface area contributed by atoms with Gasteiger partial charge in [0.25, 0.3) is 5.91 Å². The van der Waals surface area contributed by atoms with Crippen molar-refractivity contribution in [3.8, 4) is 0 Å². The molecule has 2 atom stereocenters. The smallest absolute Gasteiger partial charge is 0.279 e. The van der Waals surface area contributed by atoms with E-state index in [9.17, 15) is 4.79 Å². The minimum absolute atomic E-state index is 0.0697. The summed E-state index contributed by atoms with van der Waals surface area (Å²) in [6.07, 6.45) is 2.43. The minimum Gasteiger partial charge on any atom is -0.369 e. The van der Waals surface area contributed by atoms with Crippen molar-refractivity contribution >= 4 is 17.4 Å². The second kappa shape index (κ2) is 5.34. The lowest BCUT2D eigenvalue weighted by Crippen LogP contribution is -2.40. The first kappa shape index (κ1) is 14.2. The van der Waals surface area contributed by atoms with E-state index in [4.69, 9.17) is 4.74 Å². The van der Waals surface area contributed by atoms with Gasteiger partial charge in [-0.3, -0.25) is 9.89 Å². The molecule has 2 aliphatic heterocycles. The quantitative estimate of drug-likeness (QED) is 0.840. The Labute approximate surface area is 134 Å². The number of fused-ring (bicyclic) bond motifs is 2. The van der Waals surface area contributed by atoms with Crippen molar-refractivity contribution in [3.05, 3.63) is 35.3 Å². The highest BCUT2D eigenvalue weighted by molar-refractivity contribution is 6.07. The fourth-order valence-corrected chi connectivity index (χ4v) is 3.35. The van der Waals surface area contributed by atoms with Crippen LogP contribution in [0.3, 0.4) is 0 Å². The second-order valence-corrected chi connectivity index (χ2v) is 6.01. The van der Waals surface area contributed by atoms with Gasteiger partial charge in [-0.15, -0.1) is 0 Å². The van der Waals surface area contributed by atoms with Crippen molar-refractivity contribution in [3.63, 3.8) is 0 Å². The van der Waals surface area contributed by atoms with E-state index in [0.29, 0.717) is 25.2 Å². The van der Waals surface area contributed by atoms with Crippen LogP contribution in [0.1, 0.15) is 41.7 Å². The van der Waals surface area contributed by atoms with Gasteiger partial charge in [-0.05, 0) is 26.0 Å². The predicted molar refractivity (Wildman–Crippen MR) is 85.7 cm³/mol. The van der Waals surface area contributed by atoms with Gasteiger partial charge in [0.1, 0.15) is 5.82 Å². The van der Waals surface area contributed by atoms with Gasteiger partial charge in [0.2, 0.25) is 0 Å². The largest absolute Gasteiger partial charge is 0.369 e. The lowest BCUT2D eigenvalue weighted by molar-refractivity contribution is -0.00696. The Hall–Kier alpha value is -2.41. The third-order valence-electron chi connectivity index (χ3n) is 4.39. The molecule has 2 aromatic rings. The van der Waals surface area contributed by atoms with Crippen LogP contribution in [0.15, 0.2) is 18.3 Å². The van der Waals surface area contributed by atoms with Gasteiger partial charge in [0, 0.05) is 31.3 Å². The Bertz CT molecular complexity index is 757.